The number of likely N-dealkylation sites (tertiary alicyclic amines) is 1. The Hall–Kier alpha value is -2.82. The van der Waals surface area contributed by atoms with Crippen molar-refractivity contribution in [1.82, 2.24) is 4.90 Å². The molecule has 2 aliphatic heterocycles. The van der Waals surface area contributed by atoms with Gasteiger partial charge >= 0.3 is 5.97 Å². The van der Waals surface area contributed by atoms with Crippen molar-refractivity contribution in [2.45, 2.75) is 31.5 Å². The number of rotatable bonds is 3. The quantitative estimate of drug-likeness (QED) is 0.874. The number of carbonyl (C=O) groups excluding carboxylic acids is 1. The van der Waals surface area contributed by atoms with E-state index in [1.54, 1.807) is 4.90 Å². The Kier molecular flexibility index (Phi) is 3.53. The summed E-state index contributed by atoms with van der Waals surface area (Å²) in [5, 5.41) is 9.73. The third kappa shape index (κ3) is 2.47. The lowest BCUT2D eigenvalue weighted by atomic mass is 9.73. The van der Waals surface area contributed by atoms with Crippen LogP contribution in [0.1, 0.15) is 30.4 Å². The molecule has 1 saturated heterocycles. The van der Waals surface area contributed by atoms with Crippen LogP contribution in [-0.2, 0) is 16.1 Å². The predicted molar refractivity (Wildman–Crippen MR) is 91.0 cm³/mol. The summed E-state index contributed by atoms with van der Waals surface area (Å²) < 4.78 is 6.19. The number of hydrogen-bond donors (Lipinski definition) is 1. The standard InChI is InChI=1S/C20H19NO4/c1-20-11-15(14-9-5-6-10-16(14)25-20)17(19(23)24)18(22)21(20)12-13-7-3-2-4-8-13/h2-10,15,17H,11-12H2,1H3,(H,23,24)/t15-,17-,20+/m0/s1. The zero-order valence-electron chi connectivity index (χ0n) is 13.9. The fourth-order valence-corrected chi connectivity index (χ4v) is 4.00. The molecule has 2 bridgehead atoms. The van der Waals surface area contributed by atoms with Gasteiger partial charge in [0.15, 0.2) is 5.72 Å². The van der Waals surface area contributed by atoms with Gasteiger partial charge in [0.25, 0.3) is 0 Å². The van der Waals surface area contributed by atoms with E-state index in [4.69, 9.17) is 4.74 Å². The van der Waals surface area contributed by atoms with Gasteiger partial charge in [-0.2, -0.15) is 0 Å². The van der Waals surface area contributed by atoms with Gasteiger partial charge in [0.1, 0.15) is 11.7 Å². The first-order chi connectivity index (χ1) is 12.0. The average Bonchev–Trinajstić information content (AvgIpc) is 2.59. The van der Waals surface area contributed by atoms with Crippen molar-refractivity contribution in [3.8, 4) is 5.75 Å². The minimum atomic E-state index is -1.08. The van der Waals surface area contributed by atoms with E-state index < -0.39 is 17.6 Å². The van der Waals surface area contributed by atoms with E-state index in [0.717, 1.165) is 11.1 Å². The Morgan fingerprint density at radius 1 is 1.20 bits per heavy atom. The zero-order valence-corrected chi connectivity index (χ0v) is 13.9. The van der Waals surface area contributed by atoms with E-state index in [2.05, 4.69) is 0 Å². The first kappa shape index (κ1) is 15.7. The van der Waals surface area contributed by atoms with Crippen molar-refractivity contribution in [2.75, 3.05) is 0 Å². The Bertz CT molecular complexity index is 835. The maximum absolute atomic E-state index is 13.1. The summed E-state index contributed by atoms with van der Waals surface area (Å²) in [7, 11) is 0. The van der Waals surface area contributed by atoms with Crippen molar-refractivity contribution in [1.29, 1.82) is 0 Å². The summed E-state index contributed by atoms with van der Waals surface area (Å²) in [4.78, 5) is 26.5. The molecular weight excluding hydrogens is 318 g/mol. The van der Waals surface area contributed by atoms with E-state index in [1.807, 2.05) is 61.5 Å². The second-order valence-corrected chi connectivity index (χ2v) is 6.85. The lowest BCUT2D eigenvalue weighted by Gasteiger charge is -2.52. The number of aliphatic carboxylic acids is 1. The molecule has 25 heavy (non-hydrogen) atoms. The number of amides is 1. The molecule has 0 saturated carbocycles. The van der Waals surface area contributed by atoms with Crippen LogP contribution in [0.15, 0.2) is 54.6 Å². The Morgan fingerprint density at radius 3 is 2.60 bits per heavy atom. The SMILES string of the molecule is C[C@]12C[C@@H](c3ccccc3O1)[C@H](C(=O)O)C(=O)N2Cc1ccccc1. The highest BCUT2D eigenvalue weighted by Crippen LogP contribution is 2.50. The summed E-state index contributed by atoms with van der Waals surface area (Å²) in [6, 6.07) is 17.0. The summed E-state index contributed by atoms with van der Waals surface area (Å²) in [5.41, 5.74) is 0.903. The molecule has 2 aromatic carbocycles. The summed E-state index contributed by atoms with van der Waals surface area (Å²) >= 11 is 0. The fraction of sp³-hybridized carbons (Fsp3) is 0.300. The number of fused-ring (bicyclic) bond motifs is 4. The van der Waals surface area contributed by atoms with Crippen molar-refractivity contribution in [3.63, 3.8) is 0 Å². The molecule has 0 radical (unpaired) electrons. The first-order valence-electron chi connectivity index (χ1n) is 8.36. The number of benzene rings is 2. The molecule has 5 nitrogen and oxygen atoms in total. The van der Waals surface area contributed by atoms with Gasteiger partial charge < -0.3 is 9.84 Å². The third-order valence-corrected chi connectivity index (χ3v) is 5.20. The number of ether oxygens (including phenoxy) is 1. The van der Waals surface area contributed by atoms with Gasteiger partial charge in [-0.15, -0.1) is 0 Å². The van der Waals surface area contributed by atoms with Crippen LogP contribution in [0.2, 0.25) is 0 Å². The minimum Gasteiger partial charge on any atom is -0.481 e. The van der Waals surface area contributed by atoms with Gasteiger partial charge in [0.2, 0.25) is 5.91 Å². The van der Waals surface area contributed by atoms with Crippen LogP contribution in [0.4, 0.5) is 0 Å². The maximum Gasteiger partial charge on any atom is 0.316 e. The average molecular weight is 337 g/mol. The fourth-order valence-electron chi connectivity index (χ4n) is 4.00. The molecule has 2 aromatic rings. The van der Waals surface area contributed by atoms with Crippen LogP contribution >= 0.6 is 0 Å². The number of carbonyl (C=O) groups is 2. The molecule has 0 aliphatic carbocycles. The largest absolute Gasteiger partial charge is 0.481 e. The molecule has 1 fully saturated rings. The first-order valence-corrected chi connectivity index (χ1v) is 8.36. The lowest BCUT2D eigenvalue weighted by Crippen LogP contribution is -2.63. The van der Waals surface area contributed by atoms with E-state index in [9.17, 15) is 14.7 Å². The zero-order chi connectivity index (χ0) is 17.6. The molecule has 1 amide bonds. The summed E-state index contributed by atoms with van der Waals surface area (Å²) in [5.74, 6) is -2.25. The molecule has 2 aliphatic rings. The lowest BCUT2D eigenvalue weighted by molar-refractivity contribution is -0.181. The van der Waals surface area contributed by atoms with Crippen molar-refractivity contribution >= 4 is 11.9 Å². The van der Waals surface area contributed by atoms with Gasteiger partial charge in [0, 0.05) is 18.9 Å². The molecule has 5 heteroatoms. The van der Waals surface area contributed by atoms with Crippen molar-refractivity contribution in [3.05, 3.63) is 65.7 Å². The van der Waals surface area contributed by atoms with Crippen LogP contribution in [-0.4, -0.2) is 27.6 Å². The Morgan fingerprint density at radius 2 is 1.88 bits per heavy atom. The van der Waals surface area contributed by atoms with Crippen LogP contribution in [0.5, 0.6) is 5.75 Å². The number of nitrogens with zero attached hydrogens (tertiary/aromatic N) is 1. The predicted octanol–water partition coefficient (Wildman–Crippen LogP) is 3.01. The van der Waals surface area contributed by atoms with Gasteiger partial charge in [-0.1, -0.05) is 48.5 Å². The van der Waals surface area contributed by atoms with Crippen LogP contribution in [0.3, 0.4) is 0 Å². The van der Waals surface area contributed by atoms with E-state index in [0.29, 0.717) is 18.7 Å². The molecule has 0 spiro atoms. The van der Waals surface area contributed by atoms with Crippen LogP contribution in [0.25, 0.3) is 0 Å². The normalized spacial score (nSPS) is 27.4. The molecule has 3 atom stereocenters. The van der Waals surface area contributed by atoms with E-state index >= 15 is 0 Å². The number of para-hydroxylation sites is 1. The highest BCUT2D eigenvalue weighted by atomic mass is 16.5. The second kappa shape index (κ2) is 5.62. The highest BCUT2D eigenvalue weighted by Gasteiger charge is 2.56. The van der Waals surface area contributed by atoms with Crippen LogP contribution in [0, 0.1) is 5.92 Å². The van der Waals surface area contributed by atoms with Crippen molar-refractivity contribution in [2.24, 2.45) is 5.92 Å². The second-order valence-electron chi connectivity index (χ2n) is 6.85. The van der Waals surface area contributed by atoms with Gasteiger partial charge in [0.05, 0.1) is 0 Å². The molecule has 4 rings (SSSR count). The highest BCUT2D eigenvalue weighted by molar-refractivity contribution is 5.99. The minimum absolute atomic E-state index is 0.328. The molecule has 0 aromatic heterocycles. The number of hydrogen-bond acceptors (Lipinski definition) is 3. The van der Waals surface area contributed by atoms with E-state index in [1.165, 1.54) is 0 Å². The molecule has 2 heterocycles. The van der Waals surface area contributed by atoms with Crippen LogP contribution < -0.4 is 4.74 Å². The monoisotopic (exact) mass is 337 g/mol. The molecule has 128 valence electrons. The summed E-state index contributed by atoms with van der Waals surface area (Å²) in [6.07, 6.45) is 0.472. The van der Waals surface area contributed by atoms with Gasteiger partial charge in [-0.3, -0.25) is 14.5 Å². The maximum atomic E-state index is 13.1. The number of piperidine rings is 1. The number of carboxylic acid groups (broad SMARTS) is 1. The summed E-state index contributed by atoms with van der Waals surface area (Å²) in [6.45, 7) is 2.20. The van der Waals surface area contributed by atoms with E-state index in [-0.39, 0.29) is 11.8 Å². The smallest absolute Gasteiger partial charge is 0.316 e. The number of carboxylic acids is 1. The molecular formula is C20H19NO4. The Balaban J connectivity index is 1.79. The van der Waals surface area contributed by atoms with Gasteiger partial charge in [-0.25, -0.2) is 0 Å². The topological polar surface area (TPSA) is 66.8 Å². The van der Waals surface area contributed by atoms with Gasteiger partial charge in [-0.05, 0) is 24.1 Å². The molecule has 1 N–H and O–H groups in total. The molecule has 0 unspecified atom stereocenters. The Labute approximate surface area is 145 Å². The third-order valence-electron chi connectivity index (χ3n) is 5.20. The van der Waals surface area contributed by atoms with Crippen molar-refractivity contribution < 1.29 is 19.4 Å².